The van der Waals surface area contributed by atoms with E-state index in [4.69, 9.17) is 0 Å². The minimum absolute atomic E-state index is 0.0912. The van der Waals surface area contributed by atoms with E-state index in [0.29, 0.717) is 12.2 Å². The van der Waals surface area contributed by atoms with E-state index < -0.39 is 0 Å². The SMILES string of the molecule is O=[N+]([O-])c1cc(I)ccc1NCc1nccs1. The van der Waals surface area contributed by atoms with Crippen LogP contribution in [0.25, 0.3) is 0 Å². The standard InChI is InChI=1S/C10H8IN3O2S/c11-7-1-2-8(9(5-7)14(15)16)13-6-10-12-3-4-17-10/h1-5,13H,6H2. The molecule has 0 radical (unpaired) electrons. The van der Waals surface area contributed by atoms with Crippen molar-refractivity contribution >= 4 is 45.3 Å². The zero-order chi connectivity index (χ0) is 12.3. The van der Waals surface area contributed by atoms with Crippen LogP contribution in [0.3, 0.4) is 0 Å². The van der Waals surface area contributed by atoms with Crippen LogP contribution in [0.4, 0.5) is 11.4 Å². The summed E-state index contributed by atoms with van der Waals surface area (Å²) < 4.78 is 0.842. The second-order valence-electron chi connectivity index (χ2n) is 3.20. The van der Waals surface area contributed by atoms with Gasteiger partial charge in [-0.1, -0.05) is 0 Å². The number of nitrogens with one attached hydrogen (secondary N) is 1. The summed E-state index contributed by atoms with van der Waals surface area (Å²) in [5, 5.41) is 16.7. The summed E-state index contributed by atoms with van der Waals surface area (Å²) in [5.74, 6) is 0. The molecule has 0 fully saturated rings. The van der Waals surface area contributed by atoms with Crippen molar-refractivity contribution in [3.05, 3.63) is 48.5 Å². The average Bonchev–Trinajstić information content (AvgIpc) is 2.80. The van der Waals surface area contributed by atoms with Crippen LogP contribution in [0.1, 0.15) is 5.01 Å². The van der Waals surface area contributed by atoms with Gasteiger partial charge in [0.1, 0.15) is 10.7 Å². The van der Waals surface area contributed by atoms with E-state index in [9.17, 15) is 10.1 Å². The summed E-state index contributed by atoms with van der Waals surface area (Å²) >= 11 is 3.57. The van der Waals surface area contributed by atoms with Crippen molar-refractivity contribution in [3.8, 4) is 0 Å². The molecule has 0 unspecified atom stereocenters. The van der Waals surface area contributed by atoms with Gasteiger partial charge in [-0.25, -0.2) is 4.98 Å². The maximum Gasteiger partial charge on any atom is 0.293 e. The molecule has 17 heavy (non-hydrogen) atoms. The van der Waals surface area contributed by atoms with Crippen molar-refractivity contribution < 1.29 is 4.92 Å². The molecule has 2 rings (SSSR count). The third-order valence-electron chi connectivity index (χ3n) is 2.07. The lowest BCUT2D eigenvalue weighted by molar-refractivity contribution is -0.384. The molecule has 1 aromatic heterocycles. The van der Waals surface area contributed by atoms with E-state index in [1.54, 1.807) is 18.3 Å². The lowest BCUT2D eigenvalue weighted by Gasteiger charge is -2.05. The van der Waals surface area contributed by atoms with Gasteiger partial charge in [-0.3, -0.25) is 10.1 Å². The summed E-state index contributed by atoms with van der Waals surface area (Å²) in [7, 11) is 0. The molecule has 5 nitrogen and oxygen atoms in total. The molecule has 1 heterocycles. The second kappa shape index (κ2) is 5.41. The fourth-order valence-corrected chi connectivity index (χ4v) is 2.35. The zero-order valence-electron chi connectivity index (χ0n) is 8.59. The predicted molar refractivity (Wildman–Crippen MR) is 75.3 cm³/mol. The molecule has 1 aromatic carbocycles. The van der Waals surface area contributed by atoms with Gasteiger partial charge in [-0.05, 0) is 34.7 Å². The summed E-state index contributed by atoms with van der Waals surface area (Å²) in [6.45, 7) is 0.499. The van der Waals surface area contributed by atoms with Crippen LogP contribution >= 0.6 is 33.9 Å². The number of thiazole rings is 1. The Labute approximate surface area is 115 Å². The highest BCUT2D eigenvalue weighted by molar-refractivity contribution is 14.1. The normalized spacial score (nSPS) is 10.2. The van der Waals surface area contributed by atoms with Crippen molar-refractivity contribution in [1.82, 2.24) is 4.98 Å². The number of anilines is 1. The number of aromatic nitrogens is 1. The molecule has 0 amide bonds. The predicted octanol–water partition coefficient (Wildman–Crippen LogP) is 3.27. The first-order valence-corrected chi connectivity index (χ1v) is 6.69. The molecule has 0 aliphatic carbocycles. The molecule has 2 aromatic rings. The summed E-state index contributed by atoms with van der Waals surface area (Å²) in [6.07, 6.45) is 1.71. The lowest BCUT2D eigenvalue weighted by Crippen LogP contribution is -2.02. The van der Waals surface area contributed by atoms with E-state index in [-0.39, 0.29) is 10.6 Å². The van der Waals surface area contributed by atoms with Gasteiger partial charge in [0, 0.05) is 21.2 Å². The first kappa shape index (κ1) is 12.2. The Bertz CT molecular complexity index is 530. The summed E-state index contributed by atoms with van der Waals surface area (Å²) in [4.78, 5) is 14.6. The third-order valence-corrected chi connectivity index (χ3v) is 3.52. The van der Waals surface area contributed by atoms with E-state index in [1.807, 2.05) is 11.4 Å². The molecule has 0 saturated heterocycles. The van der Waals surface area contributed by atoms with Crippen LogP contribution in [-0.4, -0.2) is 9.91 Å². The van der Waals surface area contributed by atoms with Gasteiger partial charge in [0.15, 0.2) is 0 Å². The topological polar surface area (TPSA) is 68.1 Å². The average molecular weight is 361 g/mol. The Hall–Kier alpha value is -1.22. The minimum Gasteiger partial charge on any atom is -0.373 e. The molecule has 0 aliphatic rings. The van der Waals surface area contributed by atoms with Crippen LogP contribution in [0.2, 0.25) is 0 Å². The fourth-order valence-electron chi connectivity index (χ4n) is 1.32. The highest BCUT2D eigenvalue weighted by Gasteiger charge is 2.13. The summed E-state index contributed by atoms with van der Waals surface area (Å²) in [6, 6.07) is 5.09. The molecule has 88 valence electrons. The maximum absolute atomic E-state index is 10.9. The van der Waals surface area contributed by atoms with Crippen molar-refractivity contribution in [1.29, 1.82) is 0 Å². The number of hydrogen-bond donors (Lipinski definition) is 1. The molecular formula is C10H8IN3O2S. The van der Waals surface area contributed by atoms with Crippen LogP contribution < -0.4 is 5.32 Å². The third kappa shape index (κ3) is 3.13. The van der Waals surface area contributed by atoms with Crippen LogP contribution in [0, 0.1) is 13.7 Å². The van der Waals surface area contributed by atoms with Gasteiger partial charge in [0.05, 0.1) is 11.5 Å². The number of halogens is 1. The molecule has 7 heteroatoms. The fraction of sp³-hybridized carbons (Fsp3) is 0.100. The van der Waals surface area contributed by atoms with Crippen molar-refractivity contribution in [2.45, 2.75) is 6.54 Å². The first-order valence-electron chi connectivity index (χ1n) is 4.73. The van der Waals surface area contributed by atoms with Crippen molar-refractivity contribution in [2.24, 2.45) is 0 Å². The van der Waals surface area contributed by atoms with E-state index in [1.165, 1.54) is 11.3 Å². The van der Waals surface area contributed by atoms with Crippen LogP contribution in [0.15, 0.2) is 29.8 Å². The Morgan fingerprint density at radius 2 is 2.35 bits per heavy atom. The monoisotopic (exact) mass is 361 g/mol. The van der Waals surface area contributed by atoms with Gasteiger partial charge in [0.25, 0.3) is 5.69 Å². The Kier molecular flexibility index (Phi) is 3.89. The first-order chi connectivity index (χ1) is 8.16. The number of nitro benzene ring substituents is 1. The largest absolute Gasteiger partial charge is 0.373 e. The lowest BCUT2D eigenvalue weighted by atomic mass is 10.2. The van der Waals surface area contributed by atoms with Gasteiger partial charge in [0.2, 0.25) is 0 Å². The number of nitro groups is 1. The molecule has 0 atom stereocenters. The van der Waals surface area contributed by atoms with Crippen molar-refractivity contribution in [3.63, 3.8) is 0 Å². The smallest absolute Gasteiger partial charge is 0.293 e. The molecule has 1 N–H and O–H groups in total. The minimum atomic E-state index is -0.383. The number of benzene rings is 1. The molecule has 0 saturated carbocycles. The molecule has 0 aliphatic heterocycles. The zero-order valence-corrected chi connectivity index (χ0v) is 11.6. The Morgan fingerprint density at radius 3 is 3.00 bits per heavy atom. The summed E-state index contributed by atoms with van der Waals surface area (Å²) in [5.41, 5.74) is 0.610. The van der Waals surface area contributed by atoms with Gasteiger partial charge < -0.3 is 5.32 Å². The van der Waals surface area contributed by atoms with Gasteiger partial charge in [-0.2, -0.15) is 0 Å². The number of rotatable bonds is 4. The second-order valence-corrected chi connectivity index (χ2v) is 5.42. The van der Waals surface area contributed by atoms with E-state index >= 15 is 0 Å². The van der Waals surface area contributed by atoms with Crippen LogP contribution in [0.5, 0.6) is 0 Å². The Balaban J connectivity index is 2.17. The number of nitrogens with zero attached hydrogens (tertiary/aromatic N) is 2. The van der Waals surface area contributed by atoms with E-state index in [0.717, 1.165) is 8.58 Å². The highest BCUT2D eigenvalue weighted by Crippen LogP contribution is 2.26. The van der Waals surface area contributed by atoms with Crippen LogP contribution in [-0.2, 0) is 6.54 Å². The highest BCUT2D eigenvalue weighted by atomic mass is 127. The van der Waals surface area contributed by atoms with E-state index in [2.05, 4.69) is 32.9 Å². The molecule has 0 spiro atoms. The van der Waals surface area contributed by atoms with Gasteiger partial charge >= 0.3 is 0 Å². The van der Waals surface area contributed by atoms with Crippen molar-refractivity contribution in [2.75, 3.05) is 5.32 Å². The Morgan fingerprint density at radius 1 is 1.53 bits per heavy atom. The quantitative estimate of drug-likeness (QED) is 0.516. The van der Waals surface area contributed by atoms with Gasteiger partial charge in [-0.15, -0.1) is 11.3 Å². The maximum atomic E-state index is 10.9. The molecular weight excluding hydrogens is 353 g/mol. The molecule has 0 bridgehead atoms. The number of hydrogen-bond acceptors (Lipinski definition) is 5.